The van der Waals surface area contributed by atoms with E-state index in [9.17, 15) is 4.57 Å². The first kappa shape index (κ1) is 8.76. The minimum absolute atomic E-state index is 0.319. The molecular formula is C6H9O4P. The smallest absolute Gasteiger partial charge is 0.290 e. The fourth-order valence-corrected chi connectivity index (χ4v) is 1.78. The maximum Gasteiger partial charge on any atom is 0.475 e. The molecule has 62 valence electrons. The molecule has 0 aromatic carbocycles. The van der Waals surface area contributed by atoms with Crippen LogP contribution >= 0.6 is 7.82 Å². The average molecular weight is 176 g/mol. The number of phosphoric ester groups is 1. The molecule has 0 aromatic rings. The molecule has 2 unspecified atom stereocenters. The van der Waals surface area contributed by atoms with Crippen LogP contribution in [-0.4, -0.2) is 19.8 Å². The number of terminal acetylenes is 1. The molecule has 0 aliphatic carbocycles. The van der Waals surface area contributed by atoms with Gasteiger partial charge in [0.05, 0.1) is 6.61 Å². The summed E-state index contributed by atoms with van der Waals surface area (Å²) in [7, 11) is -2.05. The normalized spacial score (nSPS) is 38.0. The second-order valence-electron chi connectivity index (χ2n) is 2.01. The van der Waals surface area contributed by atoms with Crippen molar-refractivity contribution in [2.75, 3.05) is 13.7 Å². The lowest BCUT2D eigenvalue weighted by molar-refractivity contribution is 0.0623. The van der Waals surface area contributed by atoms with Crippen LogP contribution in [-0.2, 0) is 18.1 Å². The Labute approximate surface area is 65.4 Å². The molecule has 0 radical (unpaired) electrons. The summed E-state index contributed by atoms with van der Waals surface area (Å²) in [6, 6.07) is 0. The summed E-state index contributed by atoms with van der Waals surface area (Å²) in [5.74, 6) is 2.34. The summed E-state index contributed by atoms with van der Waals surface area (Å²) in [4.78, 5) is 0. The van der Waals surface area contributed by atoms with Gasteiger partial charge in [-0.2, -0.15) is 0 Å². The highest BCUT2D eigenvalue weighted by Gasteiger charge is 2.33. The SMILES string of the molecule is C#CC1CCOP(=O)(OC)O1. The van der Waals surface area contributed by atoms with Crippen LogP contribution in [0.25, 0.3) is 0 Å². The number of hydrogen-bond acceptors (Lipinski definition) is 4. The lowest BCUT2D eigenvalue weighted by Crippen LogP contribution is -2.19. The first-order valence-electron chi connectivity index (χ1n) is 3.15. The summed E-state index contributed by atoms with van der Waals surface area (Å²) in [6.45, 7) is 0.319. The highest BCUT2D eigenvalue weighted by molar-refractivity contribution is 7.48. The van der Waals surface area contributed by atoms with E-state index in [4.69, 9.17) is 15.5 Å². The minimum atomic E-state index is -3.31. The second-order valence-corrected chi connectivity index (χ2v) is 3.74. The molecular weight excluding hydrogens is 167 g/mol. The molecule has 0 N–H and O–H groups in total. The maximum atomic E-state index is 11.2. The van der Waals surface area contributed by atoms with E-state index in [2.05, 4.69) is 10.4 Å². The van der Waals surface area contributed by atoms with Gasteiger partial charge in [0.25, 0.3) is 0 Å². The van der Waals surface area contributed by atoms with E-state index in [1.807, 2.05) is 0 Å². The van der Waals surface area contributed by atoms with Crippen LogP contribution in [0.2, 0.25) is 0 Å². The van der Waals surface area contributed by atoms with Crippen molar-refractivity contribution in [3.05, 3.63) is 0 Å². The minimum Gasteiger partial charge on any atom is -0.290 e. The van der Waals surface area contributed by atoms with Crippen molar-refractivity contribution in [3.63, 3.8) is 0 Å². The summed E-state index contributed by atoms with van der Waals surface area (Å²) in [5, 5.41) is 0. The molecule has 1 heterocycles. The molecule has 11 heavy (non-hydrogen) atoms. The Morgan fingerprint density at radius 1 is 1.82 bits per heavy atom. The second kappa shape index (κ2) is 3.38. The first-order valence-corrected chi connectivity index (χ1v) is 4.61. The van der Waals surface area contributed by atoms with Gasteiger partial charge in [0, 0.05) is 13.5 Å². The van der Waals surface area contributed by atoms with Gasteiger partial charge in [0.15, 0.2) is 0 Å². The standard InChI is InChI=1S/C6H9O4P/c1-3-6-4-5-9-11(7,8-2)10-6/h1,6H,4-5H2,2H3. The Kier molecular flexibility index (Phi) is 2.69. The largest absolute Gasteiger partial charge is 0.475 e. The molecule has 0 aromatic heterocycles. The van der Waals surface area contributed by atoms with Crippen molar-refractivity contribution in [2.24, 2.45) is 0 Å². The molecule has 1 aliphatic heterocycles. The summed E-state index contributed by atoms with van der Waals surface area (Å²) in [6.07, 6.45) is 5.18. The highest BCUT2D eigenvalue weighted by atomic mass is 31.2. The summed E-state index contributed by atoms with van der Waals surface area (Å²) >= 11 is 0. The van der Waals surface area contributed by atoms with Crippen molar-refractivity contribution in [2.45, 2.75) is 12.5 Å². The number of phosphoric acid groups is 1. The van der Waals surface area contributed by atoms with E-state index in [0.717, 1.165) is 0 Å². The van der Waals surface area contributed by atoms with Gasteiger partial charge >= 0.3 is 7.82 Å². The van der Waals surface area contributed by atoms with Crippen LogP contribution < -0.4 is 0 Å². The van der Waals surface area contributed by atoms with Crippen molar-refractivity contribution < 1.29 is 18.1 Å². The third kappa shape index (κ3) is 2.05. The van der Waals surface area contributed by atoms with Gasteiger partial charge in [-0.15, -0.1) is 6.42 Å². The van der Waals surface area contributed by atoms with Gasteiger partial charge in [-0.3, -0.25) is 13.6 Å². The maximum absolute atomic E-state index is 11.2. The predicted octanol–water partition coefficient (Wildman–Crippen LogP) is 1.18. The third-order valence-electron chi connectivity index (χ3n) is 1.30. The first-order chi connectivity index (χ1) is 5.20. The molecule has 0 saturated carbocycles. The molecule has 0 bridgehead atoms. The molecule has 1 aliphatic rings. The zero-order chi connectivity index (χ0) is 8.32. The number of hydrogen-bond donors (Lipinski definition) is 0. The quantitative estimate of drug-likeness (QED) is 0.444. The monoisotopic (exact) mass is 176 g/mol. The summed E-state index contributed by atoms with van der Waals surface area (Å²) < 4.78 is 25.3. The summed E-state index contributed by atoms with van der Waals surface area (Å²) in [5.41, 5.74) is 0. The molecule has 4 nitrogen and oxygen atoms in total. The van der Waals surface area contributed by atoms with Crippen LogP contribution in [0.5, 0.6) is 0 Å². The van der Waals surface area contributed by atoms with Crippen molar-refractivity contribution in [3.8, 4) is 12.3 Å². The Bertz CT molecular complexity index is 219. The van der Waals surface area contributed by atoms with Gasteiger partial charge in [0.2, 0.25) is 0 Å². The molecule has 1 saturated heterocycles. The van der Waals surface area contributed by atoms with E-state index < -0.39 is 13.9 Å². The number of rotatable bonds is 1. The van der Waals surface area contributed by atoms with Crippen LogP contribution in [0, 0.1) is 12.3 Å². The van der Waals surface area contributed by atoms with Gasteiger partial charge < -0.3 is 0 Å². The molecule has 5 heteroatoms. The van der Waals surface area contributed by atoms with Gasteiger partial charge in [-0.1, -0.05) is 5.92 Å². The zero-order valence-corrected chi connectivity index (χ0v) is 7.04. The predicted molar refractivity (Wildman–Crippen MR) is 38.9 cm³/mol. The van der Waals surface area contributed by atoms with Crippen molar-refractivity contribution >= 4 is 7.82 Å². The van der Waals surface area contributed by atoms with Crippen LogP contribution in [0.1, 0.15) is 6.42 Å². The topological polar surface area (TPSA) is 44.8 Å². The molecule has 0 amide bonds. The highest BCUT2D eigenvalue weighted by Crippen LogP contribution is 2.52. The van der Waals surface area contributed by atoms with Gasteiger partial charge in [-0.05, 0) is 0 Å². The lowest BCUT2D eigenvalue weighted by Gasteiger charge is -2.24. The Morgan fingerprint density at radius 2 is 2.55 bits per heavy atom. The van der Waals surface area contributed by atoms with Gasteiger partial charge in [0.1, 0.15) is 6.10 Å². The lowest BCUT2D eigenvalue weighted by atomic mass is 10.3. The van der Waals surface area contributed by atoms with Crippen LogP contribution in [0.3, 0.4) is 0 Å². The Morgan fingerprint density at radius 3 is 3.09 bits per heavy atom. The van der Waals surface area contributed by atoms with Crippen molar-refractivity contribution in [1.29, 1.82) is 0 Å². The molecule has 1 rings (SSSR count). The van der Waals surface area contributed by atoms with Crippen molar-refractivity contribution in [1.82, 2.24) is 0 Å². The van der Waals surface area contributed by atoms with E-state index in [-0.39, 0.29) is 0 Å². The Balaban J connectivity index is 2.61. The third-order valence-corrected chi connectivity index (χ3v) is 2.75. The van der Waals surface area contributed by atoms with E-state index >= 15 is 0 Å². The van der Waals surface area contributed by atoms with Crippen LogP contribution in [0.4, 0.5) is 0 Å². The molecule has 0 spiro atoms. The average Bonchev–Trinajstić information content (AvgIpc) is 2.05. The van der Waals surface area contributed by atoms with E-state index in [1.165, 1.54) is 7.11 Å². The zero-order valence-electron chi connectivity index (χ0n) is 6.15. The van der Waals surface area contributed by atoms with Crippen LogP contribution in [0.15, 0.2) is 0 Å². The van der Waals surface area contributed by atoms with Gasteiger partial charge in [-0.25, -0.2) is 4.57 Å². The van der Waals surface area contributed by atoms with E-state index in [1.54, 1.807) is 0 Å². The molecule has 1 fully saturated rings. The fraction of sp³-hybridized carbons (Fsp3) is 0.667. The fourth-order valence-electron chi connectivity index (χ4n) is 0.720. The molecule has 2 atom stereocenters. The Hall–Kier alpha value is -0.330. The van der Waals surface area contributed by atoms with E-state index in [0.29, 0.717) is 13.0 Å².